The van der Waals surface area contributed by atoms with Gasteiger partial charge in [-0.05, 0) is 38.8 Å². The summed E-state index contributed by atoms with van der Waals surface area (Å²) in [5.74, 6) is -0.328. The van der Waals surface area contributed by atoms with Gasteiger partial charge in [-0.3, -0.25) is 0 Å². The summed E-state index contributed by atoms with van der Waals surface area (Å²) in [7, 11) is 1.39. The van der Waals surface area contributed by atoms with Gasteiger partial charge in [-0.1, -0.05) is 6.42 Å². The highest BCUT2D eigenvalue weighted by Crippen LogP contribution is 2.20. The Morgan fingerprint density at radius 2 is 2.11 bits per heavy atom. The Morgan fingerprint density at radius 1 is 1.42 bits per heavy atom. The van der Waals surface area contributed by atoms with Crippen LogP contribution in [0.5, 0.6) is 0 Å². The smallest absolute Gasteiger partial charge is 0.354 e. The lowest BCUT2D eigenvalue weighted by molar-refractivity contribution is 0.0430. The van der Waals surface area contributed by atoms with Crippen molar-refractivity contribution in [2.45, 2.75) is 51.7 Å². The number of carbonyl (C=O) groups excluding carboxylic acids is 1. The molecule has 2 heterocycles. The minimum absolute atomic E-state index is 0.328. The molecular weight excluding hydrogens is 242 g/mol. The van der Waals surface area contributed by atoms with Crippen molar-refractivity contribution in [2.24, 2.45) is 0 Å². The average Bonchev–Trinajstić information content (AvgIpc) is 2.86. The Hall–Kier alpha value is -1.33. The molecule has 0 amide bonds. The number of aromatic nitrogens is 1. The van der Waals surface area contributed by atoms with E-state index in [4.69, 9.17) is 0 Å². The summed E-state index contributed by atoms with van der Waals surface area (Å²) in [6, 6.07) is 4.78. The van der Waals surface area contributed by atoms with E-state index in [1.165, 1.54) is 26.4 Å². The largest absolute Gasteiger partial charge is 0.464 e. The van der Waals surface area contributed by atoms with Crippen LogP contribution in [0.3, 0.4) is 0 Å². The van der Waals surface area contributed by atoms with Gasteiger partial charge in [0.2, 0.25) is 0 Å². The number of hydrogen-bond donors (Lipinski definition) is 2. The fourth-order valence-corrected chi connectivity index (χ4v) is 2.68. The molecule has 0 radical (unpaired) electrons. The van der Waals surface area contributed by atoms with Crippen LogP contribution in [-0.4, -0.2) is 35.2 Å². The molecule has 1 aliphatic rings. The van der Waals surface area contributed by atoms with E-state index in [2.05, 4.69) is 34.0 Å². The van der Waals surface area contributed by atoms with Crippen molar-refractivity contribution < 1.29 is 9.53 Å². The number of piperidine rings is 1. The minimum Gasteiger partial charge on any atom is -0.464 e. The second-order valence-electron chi connectivity index (χ2n) is 5.26. The summed E-state index contributed by atoms with van der Waals surface area (Å²) < 4.78 is 4.68. The van der Waals surface area contributed by atoms with Gasteiger partial charge < -0.3 is 9.72 Å². The number of hydrazine groups is 1. The van der Waals surface area contributed by atoms with E-state index in [1.54, 1.807) is 6.07 Å². The number of nitrogens with zero attached hydrogens (tertiary/aromatic N) is 1. The number of H-pyrrole nitrogens is 1. The zero-order chi connectivity index (χ0) is 13.8. The molecule has 2 rings (SSSR count). The number of ether oxygens (including phenoxy) is 1. The van der Waals surface area contributed by atoms with Gasteiger partial charge in [0.05, 0.1) is 13.7 Å². The van der Waals surface area contributed by atoms with Crippen molar-refractivity contribution in [3.05, 3.63) is 23.5 Å². The molecule has 5 heteroatoms. The zero-order valence-corrected chi connectivity index (χ0v) is 11.9. The van der Waals surface area contributed by atoms with Gasteiger partial charge in [0, 0.05) is 17.8 Å². The van der Waals surface area contributed by atoms with Crippen LogP contribution in [0.4, 0.5) is 0 Å². The van der Waals surface area contributed by atoms with Gasteiger partial charge >= 0.3 is 5.97 Å². The SMILES string of the molecule is COC(=O)c1ccc(CNN2C(C)CCCC2C)[nH]1. The van der Waals surface area contributed by atoms with E-state index in [9.17, 15) is 4.79 Å². The summed E-state index contributed by atoms with van der Waals surface area (Å²) in [6.07, 6.45) is 3.76. The van der Waals surface area contributed by atoms with Crippen molar-refractivity contribution in [3.63, 3.8) is 0 Å². The van der Waals surface area contributed by atoms with Crippen LogP contribution in [0.2, 0.25) is 0 Å². The third-order valence-electron chi connectivity index (χ3n) is 3.80. The molecule has 0 aromatic carbocycles. The Morgan fingerprint density at radius 3 is 2.74 bits per heavy atom. The second kappa shape index (κ2) is 6.21. The molecule has 1 fully saturated rings. The summed E-state index contributed by atoms with van der Waals surface area (Å²) >= 11 is 0. The fourth-order valence-electron chi connectivity index (χ4n) is 2.68. The standard InChI is InChI=1S/C14H23N3O2/c1-10-5-4-6-11(2)17(10)15-9-12-7-8-13(16-12)14(18)19-3/h7-8,10-11,15-16H,4-6,9H2,1-3H3. The first-order chi connectivity index (χ1) is 9.11. The van der Waals surface area contributed by atoms with Crippen LogP contribution in [0, 0.1) is 0 Å². The highest BCUT2D eigenvalue weighted by Gasteiger charge is 2.24. The Balaban J connectivity index is 1.91. The first-order valence-electron chi connectivity index (χ1n) is 6.90. The van der Waals surface area contributed by atoms with E-state index in [1.807, 2.05) is 6.07 Å². The molecule has 2 unspecified atom stereocenters. The molecule has 2 N–H and O–H groups in total. The van der Waals surface area contributed by atoms with Crippen LogP contribution in [-0.2, 0) is 11.3 Å². The molecule has 1 aromatic rings. The van der Waals surface area contributed by atoms with Crippen molar-refractivity contribution in [2.75, 3.05) is 7.11 Å². The molecule has 0 spiro atoms. The zero-order valence-electron chi connectivity index (χ0n) is 11.9. The van der Waals surface area contributed by atoms with Gasteiger partial charge in [0.15, 0.2) is 0 Å². The Bertz CT molecular complexity index is 420. The van der Waals surface area contributed by atoms with Crippen molar-refractivity contribution in [1.29, 1.82) is 0 Å². The number of rotatable bonds is 4. The highest BCUT2D eigenvalue weighted by atomic mass is 16.5. The van der Waals surface area contributed by atoms with E-state index in [0.717, 1.165) is 5.69 Å². The van der Waals surface area contributed by atoms with Crippen LogP contribution in [0.15, 0.2) is 12.1 Å². The number of aromatic amines is 1. The van der Waals surface area contributed by atoms with Gasteiger partial charge in [-0.15, -0.1) is 0 Å². The minimum atomic E-state index is -0.328. The fraction of sp³-hybridized carbons (Fsp3) is 0.643. The summed E-state index contributed by atoms with van der Waals surface area (Å²) in [5, 5.41) is 2.32. The molecule has 0 saturated carbocycles. The van der Waals surface area contributed by atoms with Gasteiger partial charge in [-0.25, -0.2) is 15.2 Å². The van der Waals surface area contributed by atoms with Crippen LogP contribution in [0.25, 0.3) is 0 Å². The molecule has 5 nitrogen and oxygen atoms in total. The molecule has 19 heavy (non-hydrogen) atoms. The lowest BCUT2D eigenvalue weighted by atomic mass is 10.00. The first-order valence-corrected chi connectivity index (χ1v) is 6.90. The monoisotopic (exact) mass is 265 g/mol. The summed E-state index contributed by atoms with van der Waals surface area (Å²) in [5.41, 5.74) is 4.95. The van der Waals surface area contributed by atoms with E-state index in [-0.39, 0.29) is 5.97 Å². The maximum absolute atomic E-state index is 11.4. The summed E-state index contributed by atoms with van der Waals surface area (Å²) in [6.45, 7) is 5.19. The molecule has 106 valence electrons. The third kappa shape index (κ3) is 3.36. The number of carbonyl (C=O) groups is 1. The van der Waals surface area contributed by atoms with Crippen molar-refractivity contribution >= 4 is 5.97 Å². The van der Waals surface area contributed by atoms with Crippen LogP contribution in [0.1, 0.15) is 49.3 Å². The maximum Gasteiger partial charge on any atom is 0.354 e. The van der Waals surface area contributed by atoms with Gasteiger partial charge in [0.1, 0.15) is 5.69 Å². The van der Waals surface area contributed by atoms with Crippen LogP contribution < -0.4 is 5.43 Å². The first kappa shape index (κ1) is 14.1. The van der Waals surface area contributed by atoms with Gasteiger partial charge in [0.25, 0.3) is 0 Å². The van der Waals surface area contributed by atoms with Crippen molar-refractivity contribution in [1.82, 2.24) is 15.4 Å². The van der Waals surface area contributed by atoms with E-state index >= 15 is 0 Å². The second-order valence-corrected chi connectivity index (χ2v) is 5.26. The van der Waals surface area contributed by atoms with E-state index in [0.29, 0.717) is 24.3 Å². The highest BCUT2D eigenvalue weighted by molar-refractivity contribution is 5.87. The topological polar surface area (TPSA) is 57.4 Å². The van der Waals surface area contributed by atoms with E-state index < -0.39 is 0 Å². The van der Waals surface area contributed by atoms with Gasteiger partial charge in [-0.2, -0.15) is 0 Å². The molecule has 0 aliphatic carbocycles. The molecular formula is C14H23N3O2. The number of hydrogen-bond acceptors (Lipinski definition) is 4. The average molecular weight is 265 g/mol. The molecule has 1 saturated heterocycles. The lowest BCUT2D eigenvalue weighted by Gasteiger charge is -2.39. The molecule has 1 aromatic heterocycles. The van der Waals surface area contributed by atoms with Crippen LogP contribution >= 0.6 is 0 Å². The number of methoxy groups -OCH3 is 1. The lowest BCUT2D eigenvalue weighted by Crippen LogP contribution is -2.51. The summed E-state index contributed by atoms with van der Waals surface area (Å²) in [4.78, 5) is 14.4. The number of esters is 1. The quantitative estimate of drug-likeness (QED) is 0.818. The van der Waals surface area contributed by atoms with Crippen molar-refractivity contribution in [3.8, 4) is 0 Å². The maximum atomic E-state index is 11.4. The third-order valence-corrected chi connectivity index (χ3v) is 3.80. The predicted octanol–water partition coefficient (Wildman–Crippen LogP) is 2.07. The number of nitrogens with one attached hydrogen (secondary N) is 2. The molecule has 0 bridgehead atoms. The Kier molecular flexibility index (Phi) is 4.61. The molecule has 2 atom stereocenters. The molecule has 1 aliphatic heterocycles. The normalized spacial score (nSPS) is 24.4. The predicted molar refractivity (Wildman–Crippen MR) is 73.6 cm³/mol. The Labute approximate surface area is 114 Å².